The zero-order valence-corrected chi connectivity index (χ0v) is 17.8. The average molecular weight is 417 g/mol. The maximum Gasteiger partial charge on any atom is 0.408 e. The smallest absolute Gasteiger partial charge is 0.408 e. The van der Waals surface area contributed by atoms with Crippen molar-refractivity contribution < 1.29 is 19.4 Å². The molecule has 0 aliphatic heterocycles. The summed E-state index contributed by atoms with van der Waals surface area (Å²) in [5, 5.41) is 15.2. The van der Waals surface area contributed by atoms with Crippen LogP contribution in [0.3, 0.4) is 0 Å². The second-order valence-corrected chi connectivity index (χ2v) is 8.52. The van der Waals surface area contributed by atoms with Gasteiger partial charge in [-0.05, 0) is 44.9 Å². The topological polar surface area (TPSA) is 87.7 Å². The van der Waals surface area contributed by atoms with Crippen molar-refractivity contribution in [2.24, 2.45) is 0 Å². The molecule has 0 fully saturated rings. The summed E-state index contributed by atoms with van der Waals surface area (Å²) < 4.78 is 5.40. The van der Waals surface area contributed by atoms with Crippen LogP contribution in [0.15, 0.2) is 59.5 Å². The first-order valence-corrected chi connectivity index (χ1v) is 10.4. The van der Waals surface area contributed by atoms with Crippen LogP contribution in [0.5, 0.6) is 0 Å². The number of carbonyl (C=O) groups is 2. The number of anilines is 1. The molecule has 0 saturated heterocycles. The lowest BCUT2D eigenvalue weighted by Gasteiger charge is -2.24. The highest BCUT2D eigenvalue weighted by Crippen LogP contribution is 2.27. The minimum atomic E-state index is -0.851. The van der Waals surface area contributed by atoms with Gasteiger partial charge in [0.2, 0.25) is 0 Å². The summed E-state index contributed by atoms with van der Waals surface area (Å²) in [4.78, 5) is 24.0. The Kier molecular flexibility index (Phi) is 8.39. The number of carbonyl (C=O) groups excluding carboxylic acids is 1. The Morgan fingerprint density at radius 3 is 2.38 bits per heavy atom. The summed E-state index contributed by atoms with van der Waals surface area (Å²) in [6, 6.07) is 17.1. The van der Waals surface area contributed by atoms with E-state index in [-0.39, 0.29) is 11.8 Å². The largest absolute Gasteiger partial charge is 0.481 e. The predicted molar refractivity (Wildman–Crippen MR) is 116 cm³/mol. The number of amides is 1. The molecule has 2 aromatic carbocycles. The van der Waals surface area contributed by atoms with E-state index in [1.54, 1.807) is 0 Å². The number of thioether (sulfide) groups is 1. The molecule has 0 aromatic heterocycles. The van der Waals surface area contributed by atoms with E-state index in [2.05, 4.69) is 10.6 Å². The molecule has 3 N–H and O–H groups in total. The van der Waals surface area contributed by atoms with Gasteiger partial charge in [-0.15, -0.1) is 11.8 Å². The van der Waals surface area contributed by atoms with Gasteiger partial charge in [-0.1, -0.05) is 42.5 Å². The van der Waals surface area contributed by atoms with Crippen LogP contribution in [-0.4, -0.2) is 35.1 Å². The molecule has 0 aliphatic rings. The fourth-order valence-electron chi connectivity index (χ4n) is 2.69. The molecular formula is C22H28N2O4S. The normalized spacial score (nSPS) is 12.1. The number of hydrogen-bond donors (Lipinski definition) is 3. The summed E-state index contributed by atoms with van der Waals surface area (Å²) in [6.07, 6.45) is 0.185. The number of aliphatic carboxylic acids is 1. The minimum absolute atomic E-state index is 0.00549. The van der Waals surface area contributed by atoms with E-state index in [4.69, 9.17) is 9.84 Å². The van der Waals surface area contributed by atoms with Crippen molar-refractivity contribution in [2.45, 2.75) is 43.7 Å². The lowest BCUT2D eigenvalue weighted by molar-refractivity contribution is -0.133. The summed E-state index contributed by atoms with van der Waals surface area (Å²) in [7, 11) is 0. The maximum atomic E-state index is 12.3. The molecule has 0 spiro atoms. The molecule has 0 saturated carbocycles. The van der Waals surface area contributed by atoms with Crippen LogP contribution < -0.4 is 10.6 Å². The van der Waals surface area contributed by atoms with Gasteiger partial charge in [0.25, 0.3) is 0 Å². The Bertz CT molecular complexity index is 806. The van der Waals surface area contributed by atoms with Crippen LogP contribution in [-0.2, 0) is 9.53 Å². The number of carboxylic acid groups (broad SMARTS) is 1. The van der Waals surface area contributed by atoms with Crippen LogP contribution in [0.4, 0.5) is 10.5 Å². The predicted octanol–water partition coefficient (Wildman–Crippen LogP) is 4.93. The average Bonchev–Trinajstić information content (AvgIpc) is 2.65. The van der Waals surface area contributed by atoms with E-state index in [1.165, 1.54) is 11.8 Å². The van der Waals surface area contributed by atoms with Gasteiger partial charge in [-0.3, -0.25) is 4.79 Å². The Hall–Kier alpha value is -2.67. The third-order valence-corrected chi connectivity index (χ3v) is 4.94. The minimum Gasteiger partial charge on any atom is -0.481 e. The Balaban J connectivity index is 2.01. The van der Waals surface area contributed by atoms with Crippen molar-refractivity contribution in [3.05, 3.63) is 60.2 Å². The van der Waals surface area contributed by atoms with Gasteiger partial charge in [-0.25, -0.2) is 4.79 Å². The molecule has 156 valence electrons. The van der Waals surface area contributed by atoms with Crippen LogP contribution >= 0.6 is 11.8 Å². The second-order valence-electron chi connectivity index (χ2n) is 7.50. The standard InChI is InChI=1S/C22H28N2O4S/c1-22(2,3)28-21(27)24-17(16-9-5-4-6-10-16)13-14-23-18-11-7-8-12-19(18)29-15-20(25)26/h4-12,17,23H,13-15H2,1-3H3,(H,24,27)(H,25,26). The van der Waals surface area contributed by atoms with Gasteiger partial charge in [0.1, 0.15) is 5.60 Å². The highest BCUT2D eigenvalue weighted by Gasteiger charge is 2.20. The molecule has 1 atom stereocenters. The van der Waals surface area contributed by atoms with E-state index < -0.39 is 17.7 Å². The van der Waals surface area contributed by atoms with Crippen LogP contribution in [0, 0.1) is 0 Å². The molecule has 6 nitrogen and oxygen atoms in total. The molecule has 7 heteroatoms. The molecule has 0 radical (unpaired) electrons. The Labute approximate surface area is 176 Å². The van der Waals surface area contributed by atoms with Crippen molar-refractivity contribution >= 4 is 29.5 Å². The zero-order chi connectivity index (χ0) is 21.3. The van der Waals surface area contributed by atoms with Crippen molar-refractivity contribution in [3.63, 3.8) is 0 Å². The second kappa shape index (κ2) is 10.8. The van der Waals surface area contributed by atoms with Gasteiger partial charge in [0.05, 0.1) is 11.8 Å². The van der Waals surface area contributed by atoms with Gasteiger partial charge in [0.15, 0.2) is 0 Å². The van der Waals surface area contributed by atoms with E-state index in [9.17, 15) is 9.59 Å². The quantitative estimate of drug-likeness (QED) is 0.502. The Morgan fingerprint density at radius 2 is 1.72 bits per heavy atom. The first-order chi connectivity index (χ1) is 13.7. The fraction of sp³-hybridized carbons (Fsp3) is 0.364. The first-order valence-electron chi connectivity index (χ1n) is 9.46. The summed E-state index contributed by atoms with van der Waals surface area (Å²) in [6.45, 7) is 6.09. The third-order valence-electron chi connectivity index (χ3n) is 3.88. The molecule has 1 unspecified atom stereocenters. The van der Waals surface area contributed by atoms with Crippen molar-refractivity contribution in [2.75, 3.05) is 17.6 Å². The number of nitrogens with one attached hydrogen (secondary N) is 2. The lowest BCUT2D eigenvalue weighted by atomic mass is 10.0. The van der Waals surface area contributed by atoms with Crippen molar-refractivity contribution in [1.29, 1.82) is 0 Å². The fourth-order valence-corrected chi connectivity index (χ4v) is 3.44. The SMILES string of the molecule is CC(C)(C)OC(=O)NC(CCNc1ccccc1SCC(=O)O)c1ccccc1. The summed E-state index contributed by atoms with van der Waals surface area (Å²) >= 11 is 1.28. The van der Waals surface area contributed by atoms with E-state index >= 15 is 0 Å². The van der Waals surface area contributed by atoms with Crippen LogP contribution in [0.1, 0.15) is 38.8 Å². The first kappa shape index (κ1) is 22.6. The number of rotatable bonds is 9. The molecule has 1 amide bonds. The van der Waals surface area contributed by atoms with Crippen molar-refractivity contribution in [3.8, 4) is 0 Å². The van der Waals surface area contributed by atoms with Crippen LogP contribution in [0.25, 0.3) is 0 Å². The van der Waals surface area contributed by atoms with E-state index in [0.717, 1.165) is 16.1 Å². The zero-order valence-electron chi connectivity index (χ0n) is 17.0. The molecule has 0 bridgehead atoms. The molecule has 29 heavy (non-hydrogen) atoms. The number of carboxylic acids is 1. The molecule has 0 aliphatic carbocycles. The highest BCUT2D eigenvalue weighted by molar-refractivity contribution is 8.00. The molecule has 2 aromatic rings. The van der Waals surface area contributed by atoms with E-state index in [0.29, 0.717) is 13.0 Å². The van der Waals surface area contributed by atoms with Gasteiger partial charge >= 0.3 is 12.1 Å². The highest BCUT2D eigenvalue weighted by atomic mass is 32.2. The molecule has 0 heterocycles. The molecular weight excluding hydrogens is 388 g/mol. The van der Waals surface area contributed by atoms with Gasteiger partial charge in [-0.2, -0.15) is 0 Å². The number of hydrogen-bond acceptors (Lipinski definition) is 5. The summed E-state index contributed by atoms with van der Waals surface area (Å²) in [5.74, 6) is -0.846. The lowest BCUT2D eigenvalue weighted by Crippen LogP contribution is -2.35. The number of alkyl carbamates (subject to hydrolysis) is 1. The Morgan fingerprint density at radius 1 is 1.07 bits per heavy atom. The number of ether oxygens (including phenoxy) is 1. The van der Waals surface area contributed by atoms with Crippen LogP contribution in [0.2, 0.25) is 0 Å². The number of benzene rings is 2. The van der Waals surface area contributed by atoms with E-state index in [1.807, 2.05) is 75.4 Å². The maximum absolute atomic E-state index is 12.3. The monoisotopic (exact) mass is 416 g/mol. The molecule has 2 rings (SSSR count). The van der Waals surface area contributed by atoms with Gasteiger partial charge < -0.3 is 20.5 Å². The van der Waals surface area contributed by atoms with Gasteiger partial charge in [0, 0.05) is 17.1 Å². The number of para-hydroxylation sites is 1. The summed E-state index contributed by atoms with van der Waals surface area (Å²) in [5.41, 5.74) is 1.31. The van der Waals surface area contributed by atoms with Crippen molar-refractivity contribution in [1.82, 2.24) is 5.32 Å². The third kappa shape index (κ3) is 8.48.